The zero-order valence-corrected chi connectivity index (χ0v) is 10.7. The molecule has 0 saturated carbocycles. The van der Waals surface area contributed by atoms with Gasteiger partial charge in [-0.1, -0.05) is 18.5 Å². The van der Waals surface area contributed by atoms with Gasteiger partial charge in [-0.3, -0.25) is 4.79 Å². The monoisotopic (exact) mass is 258 g/mol. The Morgan fingerprint density at radius 1 is 1.35 bits per heavy atom. The molecular formula is C12H15ClO4. The lowest BCUT2D eigenvalue weighted by Gasteiger charge is -2.15. The van der Waals surface area contributed by atoms with Crippen molar-refractivity contribution in [3.8, 4) is 11.5 Å². The Balaban J connectivity index is 3.11. The summed E-state index contributed by atoms with van der Waals surface area (Å²) < 4.78 is 10.3. The van der Waals surface area contributed by atoms with E-state index in [1.165, 1.54) is 14.2 Å². The van der Waals surface area contributed by atoms with Crippen molar-refractivity contribution < 1.29 is 19.4 Å². The lowest BCUT2D eigenvalue weighted by molar-refractivity contribution is -0.137. The van der Waals surface area contributed by atoms with Gasteiger partial charge in [-0.15, -0.1) is 0 Å². The number of hydrogen-bond donors (Lipinski definition) is 1. The molecule has 0 heterocycles. The first-order valence-corrected chi connectivity index (χ1v) is 5.50. The van der Waals surface area contributed by atoms with Gasteiger partial charge >= 0.3 is 5.97 Å². The van der Waals surface area contributed by atoms with Gasteiger partial charge in [0.15, 0.2) is 11.5 Å². The molecule has 1 atom stereocenters. The molecule has 0 aromatic heterocycles. The summed E-state index contributed by atoms with van der Waals surface area (Å²) in [5.41, 5.74) is 0.742. The minimum absolute atomic E-state index is 0.0230. The van der Waals surface area contributed by atoms with Gasteiger partial charge in [-0.25, -0.2) is 0 Å². The van der Waals surface area contributed by atoms with Crippen LogP contribution in [0.4, 0.5) is 0 Å². The second-order valence-electron chi connectivity index (χ2n) is 3.73. The highest BCUT2D eigenvalue weighted by molar-refractivity contribution is 6.31. The minimum Gasteiger partial charge on any atom is -0.493 e. The summed E-state index contributed by atoms with van der Waals surface area (Å²) in [6.07, 6.45) is 0.0230. The molecule has 1 unspecified atom stereocenters. The third-order valence-electron chi connectivity index (χ3n) is 2.51. The van der Waals surface area contributed by atoms with Crippen LogP contribution in [0.2, 0.25) is 5.02 Å². The molecule has 0 aliphatic carbocycles. The largest absolute Gasteiger partial charge is 0.493 e. The molecule has 1 N–H and O–H groups in total. The Morgan fingerprint density at radius 3 is 2.35 bits per heavy atom. The van der Waals surface area contributed by atoms with Gasteiger partial charge in [0.1, 0.15) is 0 Å². The van der Waals surface area contributed by atoms with Gasteiger partial charge in [-0.2, -0.15) is 0 Å². The van der Waals surface area contributed by atoms with E-state index < -0.39 is 5.97 Å². The number of benzene rings is 1. The van der Waals surface area contributed by atoms with Crippen LogP contribution in [0, 0.1) is 0 Å². The van der Waals surface area contributed by atoms with Crippen molar-refractivity contribution in [3.05, 3.63) is 22.7 Å². The third kappa shape index (κ3) is 3.27. The van der Waals surface area contributed by atoms with E-state index in [0.29, 0.717) is 16.5 Å². The number of carboxylic acids is 1. The summed E-state index contributed by atoms with van der Waals surface area (Å²) in [5.74, 6) is 0.0380. The maximum absolute atomic E-state index is 10.7. The number of carbonyl (C=O) groups is 1. The van der Waals surface area contributed by atoms with Crippen LogP contribution >= 0.6 is 11.6 Å². The summed E-state index contributed by atoms with van der Waals surface area (Å²) in [4.78, 5) is 10.7. The number of hydrogen-bond acceptors (Lipinski definition) is 3. The molecule has 1 rings (SSSR count). The lowest BCUT2D eigenvalue weighted by Crippen LogP contribution is -2.04. The minimum atomic E-state index is -0.858. The molecule has 94 valence electrons. The van der Waals surface area contributed by atoms with Crippen molar-refractivity contribution in [2.45, 2.75) is 19.3 Å². The van der Waals surface area contributed by atoms with Crippen molar-refractivity contribution in [1.29, 1.82) is 0 Å². The molecular weight excluding hydrogens is 244 g/mol. The summed E-state index contributed by atoms with van der Waals surface area (Å²) in [7, 11) is 3.05. The topological polar surface area (TPSA) is 55.8 Å². The summed E-state index contributed by atoms with van der Waals surface area (Å²) in [6.45, 7) is 1.81. The smallest absolute Gasteiger partial charge is 0.303 e. The van der Waals surface area contributed by atoms with Crippen LogP contribution in [-0.4, -0.2) is 25.3 Å². The Morgan fingerprint density at radius 2 is 1.88 bits per heavy atom. The molecule has 0 bridgehead atoms. The SMILES string of the molecule is COc1cc(Cl)c(C(C)CC(=O)O)cc1OC. The highest BCUT2D eigenvalue weighted by Gasteiger charge is 2.17. The van der Waals surface area contributed by atoms with E-state index in [9.17, 15) is 4.79 Å². The van der Waals surface area contributed by atoms with E-state index in [1.807, 2.05) is 0 Å². The molecule has 1 aromatic carbocycles. The number of halogens is 1. The predicted molar refractivity (Wildman–Crippen MR) is 65.2 cm³/mol. The van der Waals surface area contributed by atoms with E-state index >= 15 is 0 Å². The van der Waals surface area contributed by atoms with Crippen molar-refractivity contribution in [3.63, 3.8) is 0 Å². The highest BCUT2D eigenvalue weighted by atomic mass is 35.5. The second-order valence-corrected chi connectivity index (χ2v) is 4.13. The van der Waals surface area contributed by atoms with Crippen LogP contribution in [0.1, 0.15) is 24.8 Å². The van der Waals surface area contributed by atoms with Crippen LogP contribution < -0.4 is 9.47 Å². The summed E-state index contributed by atoms with van der Waals surface area (Å²) >= 11 is 6.09. The molecule has 0 amide bonds. The molecule has 1 aromatic rings. The third-order valence-corrected chi connectivity index (χ3v) is 2.84. The van der Waals surface area contributed by atoms with Gasteiger partial charge < -0.3 is 14.6 Å². The first kappa shape index (κ1) is 13.6. The zero-order valence-electron chi connectivity index (χ0n) is 9.99. The Kier molecular flexibility index (Phi) is 4.63. The number of methoxy groups -OCH3 is 2. The first-order chi connectivity index (χ1) is 7.99. The Hall–Kier alpha value is -1.42. The van der Waals surface area contributed by atoms with Crippen LogP contribution in [0.5, 0.6) is 11.5 Å². The fourth-order valence-corrected chi connectivity index (χ4v) is 1.96. The fraction of sp³-hybridized carbons (Fsp3) is 0.417. The molecule has 17 heavy (non-hydrogen) atoms. The van der Waals surface area contributed by atoms with Crippen LogP contribution in [0.25, 0.3) is 0 Å². The number of aliphatic carboxylic acids is 1. The number of carboxylic acid groups (broad SMARTS) is 1. The van der Waals surface area contributed by atoms with Crippen LogP contribution in [0.3, 0.4) is 0 Å². The lowest BCUT2D eigenvalue weighted by atomic mass is 9.97. The standard InChI is InChI=1S/C12H15ClO4/c1-7(4-12(14)15)8-5-10(16-2)11(17-3)6-9(8)13/h5-7H,4H2,1-3H3,(H,14,15). The Bertz CT molecular complexity index is 417. The maximum atomic E-state index is 10.7. The molecule has 0 aliphatic rings. The molecule has 0 saturated heterocycles. The zero-order chi connectivity index (χ0) is 13.0. The van der Waals surface area contributed by atoms with Crippen LogP contribution in [0.15, 0.2) is 12.1 Å². The van der Waals surface area contributed by atoms with Gasteiger partial charge in [0.05, 0.1) is 20.6 Å². The molecule has 0 aliphatic heterocycles. The highest BCUT2D eigenvalue weighted by Crippen LogP contribution is 2.37. The first-order valence-electron chi connectivity index (χ1n) is 5.12. The molecule has 5 heteroatoms. The predicted octanol–water partition coefficient (Wildman–Crippen LogP) is 2.94. The maximum Gasteiger partial charge on any atom is 0.303 e. The average molecular weight is 259 g/mol. The molecule has 0 fully saturated rings. The van der Waals surface area contributed by atoms with Crippen molar-refractivity contribution in [2.24, 2.45) is 0 Å². The summed E-state index contributed by atoms with van der Waals surface area (Å²) in [5, 5.41) is 9.25. The molecule has 0 radical (unpaired) electrons. The van der Waals surface area contributed by atoms with E-state index in [4.69, 9.17) is 26.2 Å². The van der Waals surface area contributed by atoms with E-state index in [1.54, 1.807) is 19.1 Å². The van der Waals surface area contributed by atoms with Gasteiger partial charge in [0, 0.05) is 11.1 Å². The van der Waals surface area contributed by atoms with Crippen molar-refractivity contribution in [2.75, 3.05) is 14.2 Å². The van der Waals surface area contributed by atoms with Gasteiger partial charge in [0.25, 0.3) is 0 Å². The van der Waals surface area contributed by atoms with E-state index in [-0.39, 0.29) is 12.3 Å². The van der Waals surface area contributed by atoms with Crippen molar-refractivity contribution >= 4 is 17.6 Å². The number of ether oxygens (including phenoxy) is 2. The average Bonchev–Trinajstić information content (AvgIpc) is 2.27. The van der Waals surface area contributed by atoms with E-state index in [2.05, 4.69) is 0 Å². The molecule has 4 nitrogen and oxygen atoms in total. The fourth-order valence-electron chi connectivity index (χ4n) is 1.62. The Labute approximate surface area is 105 Å². The quantitative estimate of drug-likeness (QED) is 0.882. The normalized spacial score (nSPS) is 12.0. The second kappa shape index (κ2) is 5.77. The van der Waals surface area contributed by atoms with Gasteiger partial charge in [0.2, 0.25) is 0 Å². The van der Waals surface area contributed by atoms with Crippen LogP contribution in [-0.2, 0) is 4.79 Å². The number of rotatable bonds is 5. The van der Waals surface area contributed by atoms with E-state index in [0.717, 1.165) is 5.56 Å². The molecule has 0 spiro atoms. The van der Waals surface area contributed by atoms with Gasteiger partial charge in [-0.05, 0) is 17.5 Å². The summed E-state index contributed by atoms with van der Waals surface area (Å²) in [6, 6.07) is 3.35. The van der Waals surface area contributed by atoms with Crippen molar-refractivity contribution in [1.82, 2.24) is 0 Å².